The largest absolute Gasteiger partial charge is 0.487 e. The molecule has 0 radical (unpaired) electrons. The van der Waals surface area contributed by atoms with Crippen molar-refractivity contribution < 1.29 is 9.53 Å². The molecule has 0 fully saturated rings. The second-order valence-corrected chi connectivity index (χ2v) is 6.41. The summed E-state index contributed by atoms with van der Waals surface area (Å²) in [5.74, 6) is 0.508. The number of carbonyl (C=O) groups is 1. The van der Waals surface area contributed by atoms with Gasteiger partial charge in [-0.2, -0.15) is 0 Å². The van der Waals surface area contributed by atoms with Crippen molar-refractivity contribution in [3.8, 4) is 5.75 Å². The second-order valence-electron chi connectivity index (χ2n) is 6.41. The molecule has 3 nitrogen and oxygen atoms in total. The van der Waals surface area contributed by atoms with E-state index >= 15 is 0 Å². The van der Waals surface area contributed by atoms with E-state index in [1.807, 2.05) is 59.7 Å². The third-order valence-corrected chi connectivity index (χ3v) is 2.04. The second kappa shape index (κ2) is 5.01. The van der Waals surface area contributed by atoms with E-state index in [0.29, 0.717) is 11.3 Å². The number of hydrogen-bond donors (Lipinski definition) is 1. The summed E-state index contributed by atoms with van der Waals surface area (Å²) in [4.78, 5) is 12.2. The predicted octanol–water partition coefficient (Wildman–Crippen LogP) is 3.39. The molecule has 0 saturated carbocycles. The van der Waals surface area contributed by atoms with Crippen LogP contribution in [0.4, 0.5) is 0 Å². The predicted molar refractivity (Wildman–Crippen MR) is 74.0 cm³/mol. The van der Waals surface area contributed by atoms with Crippen molar-refractivity contribution in [1.82, 2.24) is 5.32 Å². The van der Waals surface area contributed by atoms with Crippen LogP contribution >= 0.6 is 0 Å². The summed E-state index contributed by atoms with van der Waals surface area (Å²) >= 11 is 0. The van der Waals surface area contributed by atoms with Gasteiger partial charge in [0.2, 0.25) is 0 Å². The third kappa shape index (κ3) is 4.78. The fraction of sp³-hybridized carbons (Fsp3) is 0.533. The molecule has 0 atom stereocenters. The van der Waals surface area contributed by atoms with Crippen LogP contribution in [0.2, 0.25) is 0 Å². The summed E-state index contributed by atoms with van der Waals surface area (Å²) in [6.45, 7) is 11.8. The van der Waals surface area contributed by atoms with Crippen molar-refractivity contribution in [2.45, 2.75) is 52.7 Å². The molecule has 1 aromatic rings. The highest BCUT2D eigenvalue weighted by Crippen LogP contribution is 2.23. The number of ether oxygens (including phenoxy) is 1. The molecular weight excluding hydrogens is 226 g/mol. The van der Waals surface area contributed by atoms with Crippen LogP contribution < -0.4 is 10.1 Å². The molecule has 0 aromatic heterocycles. The van der Waals surface area contributed by atoms with E-state index < -0.39 is 0 Å². The molecule has 100 valence electrons. The summed E-state index contributed by atoms with van der Waals surface area (Å²) in [6, 6.07) is 7.31. The average molecular weight is 249 g/mol. The molecule has 1 N–H and O–H groups in total. The molecule has 0 aliphatic rings. The lowest BCUT2D eigenvalue weighted by Crippen LogP contribution is -2.41. The first kappa shape index (κ1) is 14.6. The standard InChI is InChI=1S/C15H23NO2/c1-14(2,3)16-13(17)11-9-7-8-10-12(11)18-15(4,5)6/h7-10H,1-6H3,(H,16,17). The summed E-state index contributed by atoms with van der Waals surface area (Å²) in [5.41, 5.74) is -0.00770. The Labute approximate surface area is 110 Å². The molecule has 0 spiro atoms. The number of amides is 1. The van der Waals surface area contributed by atoms with Crippen LogP contribution in [-0.2, 0) is 0 Å². The van der Waals surface area contributed by atoms with Crippen LogP contribution in [0.1, 0.15) is 51.9 Å². The minimum absolute atomic E-state index is 0.109. The molecule has 0 aliphatic carbocycles. The fourth-order valence-electron chi connectivity index (χ4n) is 1.48. The Bertz CT molecular complexity index is 425. The summed E-state index contributed by atoms with van der Waals surface area (Å²) in [7, 11) is 0. The summed E-state index contributed by atoms with van der Waals surface area (Å²) < 4.78 is 5.81. The Morgan fingerprint density at radius 2 is 1.61 bits per heavy atom. The van der Waals surface area contributed by atoms with Gasteiger partial charge in [0.05, 0.1) is 5.56 Å². The minimum Gasteiger partial charge on any atom is -0.487 e. The summed E-state index contributed by atoms with van der Waals surface area (Å²) in [6.07, 6.45) is 0. The zero-order valence-electron chi connectivity index (χ0n) is 12.1. The Kier molecular flexibility index (Phi) is 4.05. The Balaban J connectivity index is 2.99. The van der Waals surface area contributed by atoms with E-state index in [1.165, 1.54) is 0 Å². The van der Waals surface area contributed by atoms with E-state index in [1.54, 1.807) is 6.07 Å². The lowest BCUT2D eigenvalue weighted by molar-refractivity contribution is 0.0900. The van der Waals surface area contributed by atoms with Gasteiger partial charge in [0.15, 0.2) is 0 Å². The smallest absolute Gasteiger partial charge is 0.255 e. The number of para-hydroxylation sites is 1. The Hall–Kier alpha value is -1.51. The summed E-state index contributed by atoms with van der Waals surface area (Å²) in [5, 5.41) is 2.94. The van der Waals surface area contributed by atoms with Gasteiger partial charge in [-0.05, 0) is 53.7 Å². The van der Waals surface area contributed by atoms with Crippen LogP contribution in [0, 0.1) is 0 Å². The van der Waals surface area contributed by atoms with Crippen LogP contribution in [-0.4, -0.2) is 17.0 Å². The first-order valence-electron chi connectivity index (χ1n) is 6.19. The Morgan fingerprint density at radius 3 is 2.11 bits per heavy atom. The van der Waals surface area contributed by atoms with Gasteiger partial charge in [-0.1, -0.05) is 12.1 Å². The number of nitrogens with one attached hydrogen (secondary N) is 1. The number of hydrogen-bond acceptors (Lipinski definition) is 2. The highest BCUT2D eigenvalue weighted by molar-refractivity contribution is 5.97. The highest BCUT2D eigenvalue weighted by atomic mass is 16.5. The van der Waals surface area contributed by atoms with Crippen molar-refractivity contribution in [3.63, 3.8) is 0 Å². The van der Waals surface area contributed by atoms with E-state index in [2.05, 4.69) is 5.32 Å². The normalized spacial score (nSPS) is 12.1. The first-order valence-corrected chi connectivity index (χ1v) is 6.19. The molecule has 1 aromatic carbocycles. The van der Waals surface area contributed by atoms with Gasteiger partial charge in [-0.15, -0.1) is 0 Å². The van der Waals surface area contributed by atoms with Crippen LogP contribution in [0.25, 0.3) is 0 Å². The zero-order chi connectivity index (χ0) is 14.0. The van der Waals surface area contributed by atoms with E-state index in [9.17, 15) is 4.79 Å². The quantitative estimate of drug-likeness (QED) is 0.872. The van der Waals surface area contributed by atoms with Crippen molar-refractivity contribution in [1.29, 1.82) is 0 Å². The van der Waals surface area contributed by atoms with Gasteiger partial charge < -0.3 is 10.1 Å². The van der Waals surface area contributed by atoms with Crippen molar-refractivity contribution in [2.75, 3.05) is 0 Å². The highest BCUT2D eigenvalue weighted by Gasteiger charge is 2.21. The zero-order valence-corrected chi connectivity index (χ0v) is 12.1. The molecule has 18 heavy (non-hydrogen) atoms. The topological polar surface area (TPSA) is 38.3 Å². The van der Waals surface area contributed by atoms with Gasteiger partial charge >= 0.3 is 0 Å². The molecule has 0 unspecified atom stereocenters. The minimum atomic E-state index is -0.321. The number of benzene rings is 1. The fourth-order valence-corrected chi connectivity index (χ4v) is 1.48. The van der Waals surface area contributed by atoms with E-state index in [0.717, 1.165) is 0 Å². The molecule has 1 rings (SSSR count). The van der Waals surface area contributed by atoms with E-state index in [-0.39, 0.29) is 17.0 Å². The van der Waals surface area contributed by atoms with E-state index in [4.69, 9.17) is 4.74 Å². The van der Waals surface area contributed by atoms with Crippen molar-refractivity contribution >= 4 is 5.91 Å². The molecule has 0 aliphatic heterocycles. The van der Waals surface area contributed by atoms with Crippen molar-refractivity contribution in [2.24, 2.45) is 0 Å². The van der Waals surface area contributed by atoms with Crippen molar-refractivity contribution in [3.05, 3.63) is 29.8 Å². The molecular formula is C15H23NO2. The van der Waals surface area contributed by atoms with Gasteiger partial charge in [0, 0.05) is 5.54 Å². The molecule has 0 saturated heterocycles. The molecule has 0 heterocycles. The van der Waals surface area contributed by atoms with Crippen LogP contribution in [0.15, 0.2) is 24.3 Å². The number of rotatable bonds is 2. The average Bonchev–Trinajstić information content (AvgIpc) is 2.12. The number of carbonyl (C=O) groups excluding carboxylic acids is 1. The Morgan fingerprint density at radius 1 is 1.06 bits per heavy atom. The lowest BCUT2D eigenvalue weighted by atomic mass is 10.1. The first-order chi connectivity index (χ1) is 8.08. The van der Waals surface area contributed by atoms with Crippen LogP contribution in [0.3, 0.4) is 0 Å². The maximum absolute atomic E-state index is 12.2. The molecule has 1 amide bonds. The van der Waals surface area contributed by atoms with Gasteiger partial charge in [-0.25, -0.2) is 0 Å². The van der Waals surface area contributed by atoms with Gasteiger partial charge in [0.1, 0.15) is 11.4 Å². The SMILES string of the molecule is CC(C)(C)NC(=O)c1ccccc1OC(C)(C)C. The maximum Gasteiger partial charge on any atom is 0.255 e. The lowest BCUT2D eigenvalue weighted by Gasteiger charge is -2.25. The van der Waals surface area contributed by atoms with Gasteiger partial charge in [-0.3, -0.25) is 4.79 Å². The third-order valence-electron chi connectivity index (χ3n) is 2.04. The molecule has 0 bridgehead atoms. The maximum atomic E-state index is 12.2. The van der Waals surface area contributed by atoms with Crippen LogP contribution in [0.5, 0.6) is 5.75 Å². The van der Waals surface area contributed by atoms with Gasteiger partial charge in [0.25, 0.3) is 5.91 Å². The molecule has 3 heteroatoms. The monoisotopic (exact) mass is 249 g/mol.